The zero-order valence-electron chi connectivity index (χ0n) is 20.3. The second-order valence-electron chi connectivity index (χ2n) is 9.29. The van der Waals surface area contributed by atoms with E-state index in [1.165, 1.54) is 10.8 Å². The Morgan fingerprint density at radius 1 is 0.816 bits per heavy atom. The van der Waals surface area contributed by atoms with E-state index in [0.717, 1.165) is 45.6 Å². The van der Waals surface area contributed by atoms with Crippen LogP contribution in [0.1, 0.15) is 18.4 Å². The number of carbonyl (C=O) groups is 1. The summed E-state index contributed by atoms with van der Waals surface area (Å²) in [6.45, 7) is 0. The number of rotatable bonds is 7. The van der Waals surface area contributed by atoms with Gasteiger partial charge in [0.15, 0.2) is 5.76 Å². The monoisotopic (exact) mass is 539 g/mol. The maximum atomic E-state index is 10.9. The van der Waals surface area contributed by atoms with Gasteiger partial charge in [0.05, 0.1) is 16.2 Å². The molecular weight excluding hydrogens is 517 g/mol. The highest BCUT2D eigenvalue weighted by atomic mass is 35.5. The Balaban J connectivity index is 1.48. The third-order valence-electron chi connectivity index (χ3n) is 6.82. The van der Waals surface area contributed by atoms with Crippen LogP contribution in [0.3, 0.4) is 0 Å². The number of carboxylic acids is 1. The highest BCUT2D eigenvalue weighted by Gasteiger charge is 2.18. The fourth-order valence-electron chi connectivity index (χ4n) is 4.99. The fraction of sp³-hybridized carbons (Fsp3) is 0.0938. The van der Waals surface area contributed by atoms with Crippen LogP contribution in [-0.2, 0) is 11.2 Å². The Morgan fingerprint density at radius 3 is 2.39 bits per heavy atom. The quantitative estimate of drug-likeness (QED) is 0.219. The predicted molar refractivity (Wildman–Crippen MR) is 155 cm³/mol. The molecule has 0 aliphatic rings. The van der Waals surface area contributed by atoms with Crippen LogP contribution in [0.4, 0.5) is 0 Å². The van der Waals surface area contributed by atoms with Crippen LogP contribution < -0.4 is 0 Å². The second-order valence-corrected chi connectivity index (χ2v) is 10.1. The average Bonchev–Trinajstić information content (AvgIpc) is 3.54. The average molecular weight is 540 g/mol. The number of nitrogens with zero attached hydrogens (tertiary/aromatic N) is 1. The van der Waals surface area contributed by atoms with Crippen LogP contribution in [0.5, 0.6) is 0 Å². The van der Waals surface area contributed by atoms with Crippen LogP contribution in [0.25, 0.3) is 50.1 Å². The Kier molecular flexibility index (Phi) is 6.44. The Hall–Kier alpha value is -3.99. The van der Waals surface area contributed by atoms with Crippen molar-refractivity contribution in [3.63, 3.8) is 0 Å². The van der Waals surface area contributed by atoms with Crippen molar-refractivity contribution in [2.24, 2.45) is 0 Å². The van der Waals surface area contributed by atoms with Gasteiger partial charge >= 0.3 is 5.97 Å². The van der Waals surface area contributed by atoms with Gasteiger partial charge in [-0.25, -0.2) is 0 Å². The first-order valence-electron chi connectivity index (χ1n) is 12.4. The maximum absolute atomic E-state index is 10.9. The van der Waals surface area contributed by atoms with E-state index in [-0.39, 0.29) is 6.42 Å². The number of furan rings is 1. The van der Waals surface area contributed by atoms with Gasteiger partial charge in [0.25, 0.3) is 0 Å². The summed E-state index contributed by atoms with van der Waals surface area (Å²) >= 11 is 12.6. The molecule has 2 aromatic heterocycles. The van der Waals surface area contributed by atoms with Crippen molar-refractivity contribution < 1.29 is 14.3 Å². The number of benzene rings is 4. The van der Waals surface area contributed by atoms with Crippen molar-refractivity contribution in [1.82, 2.24) is 4.57 Å². The number of carboxylic acid groups (broad SMARTS) is 1. The highest BCUT2D eigenvalue weighted by molar-refractivity contribution is 6.36. The molecule has 4 aromatic carbocycles. The van der Waals surface area contributed by atoms with E-state index >= 15 is 0 Å². The number of fused-ring (bicyclic) bond motifs is 3. The molecule has 0 aliphatic carbocycles. The van der Waals surface area contributed by atoms with Crippen LogP contribution in [0.15, 0.2) is 101 Å². The lowest BCUT2D eigenvalue weighted by molar-refractivity contribution is -0.137. The molecule has 6 heteroatoms. The van der Waals surface area contributed by atoms with E-state index < -0.39 is 5.97 Å². The van der Waals surface area contributed by atoms with Crippen LogP contribution in [0.2, 0.25) is 10.0 Å². The van der Waals surface area contributed by atoms with Gasteiger partial charge in [0.1, 0.15) is 5.76 Å². The summed E-state index contributed by atoms with van der Waals surface area (Å²) in [6.07, 6.45) is 1.50. The van der Waals surface area contributed by atoms with Gasteiger partial charge in [-0.3, -0.25) is 4.79 Å². The lowest BCUT2D eigenvalue weighted by Gasteiger charge is -2.11. The Morgan fingerprint density at radius 2 is 1.61 bits per heavy atom. The summed E-state index contributed by atoms with van der Waals surface area (Å²) < 4.78 is 8.58. The molecule has 6 aromatic rings. The summed E-state index contributed by atoms with van der Waals surface area (Å²) in [6, 6.07) is 32.3. The number of halogens is 2. The topological polar surface area (TPSA) is 55.4 Å². The third-order valence-corrected chi connectivity index (χ3v) is 7.36. The van der Waals surface area contributed by atoms with E-state index in [4.69, 9.17) is 32.7 Å². The van der Waals surface area contributed by atoms with Gasteiger partial charge < -0.3 is 14.1 Å². The van der Waals surface area contributed by atoms with Crippen LogP contribution >= 0.6 is 23.2 Å². The standard InChI is InChI=1S/C32H23Cl2NO3/c33-22-11-14-25(27(34)18-22)30-16-17-31(38-30)29-19-26-24-6-2-1-5-21(24)10-15-28(26)35(29)23-12-8-20(9-13-23)4-3-7-32(36)37/h1-2,5-6,8-19H,3-4,7H2,(H,36,37). The minimum Gasteiger partial charge on any atom is -0.481 e. The SMILES string of the molecule is O=C(O)CCCc1ccc(-n2c(-c3ccc(-c4ccc(Cl)cc4Cl)o3)cc3c4ccccc4ccc32)cc1. The van der Waals surface area contributed by atoms with Crippen molar-refractivity contribution in [3.05, 3.63) is 113 Å². The second kappa shape index (κ2) is 10.1. The molecule has 0 radical (unpaired) electrons. The van der Waals surface area contributed by atoms with Crippen molar-refractivity contribution in [1.29, 1.82) is 0 Å². The predicted octanol–water partition coefficient (Wildman–Crippen LogP) is 9.42. The van der Waals surface area contributed by atoms with Gasteiger partial charge in [0.2, 0.25) is 0 Å². The number of aryl methyl sites for hydroxylation is 1. The molecule has 0 fully saturated rings. The van der Waals surface area contributed by atoms with Gasteiger partial charge in [-0.05, 0) is 83.8 Å². The Bertz CT molecular complexity index is 1800. The minimum absolute atomic E-state index is 0.166. The smallest absolute Gasteiger partial charge is 0.303 e. The van der Waals surface area contributed by atoms with E-state index in [9.17, 15) is 4.79 Å². The number of hydrogen-bond acceptors (Lipinski definition) is 2. The van der Waals surface area contributed by atoms with Crippen molar-refractivity contribution >= 4 is 50.8 Å². The zero-order chi connectivity index (χ0) is 26.2. The summed E-state index contributed by atoms with van der Waals surface area (Å²) in [5, 5.41) is 13.5. The summed E-state index contributed by atoms with van der Waals surface area (Å²) in [4.78, 5) is 10.9. The van der Waals surface area contributed by atoms with E-state index in [0.29, 0.717) is 22.2 Å². The lowest BCUT2D eigenvalue weighted by atomic mass is 10.1. The molecule has 38 heavy (non-hydrogen) atoms. The molecule has 6 rings (SSSR count). The summed E-state index contributed by atoms with van der Waals surface area (Å²) in [7, 11) is 0. The lowest BCUT2D eigenvalue weighted by Crippen LogP contribution is -1.98. The number of aliphatic carboxylic acids is 1. The largest absolute Gasteiger partial charge is 0.481 e. The maximum Gasteiger partial charge on any atom is 0.303 e. The third kappa shape index (κ3) is 4.58. The molecule has 0 saturated carbocycles. The molecule has 0 bridgehead atoms. The van der Waals surface area contributed by atoms with Crippen LogP contribution in [0, 0.1) is 0 Å². The molecule has 0 spiro atoms. The molecular formula is C32H23Cl2NO3. The first-order valence-corrected chi connectivity index (χ1v) is 13.1. The molecule has 0 unspecified atom stereocenters. The highest BCUT2D eigenvalue weighted by Crippen LogP contribution is 2.39. The molecule has 0 saturated heterocycles. The summed E-state index contributed by atoms with van der Waals surface area (Å²) in [5.74, 6) is 0.615. The molecule has 2 heterocycles. The van der Waals surface area contributed by atoms with Gasteiger partial charge in [0, 0.05) is 28.1 Å². The van der Waals surface area contributed by atoms with E-state index in [1.807, 2.05) is 24.3 Å². The van der Waals surface area contributed by atoms with Crippen LogP contribution in [-0.4, -0.2) is 15.6 Å². The first kappa shape index (κ1) is 24.4. The van der Waals surface area contributed by atoms with Gasteiger partial charge in [-0.15, -0.1) is 0 Å². The van der Waals surface area contributed by atoms with Crippen molar-refractivity contribution in [3.8, 4) is 28.5 Å². The normalized spacial score (nSPS) is 11.4. The summed E-state index contributed by atoms with van der Waals surface area (Å²) in [5.41, 5.74) is 4.87. The first-order chi connectivity index (χ1) is 18.5. The molecule has 1 N–H and O–H groups in total. The van der Waals surface area contributed by atoms with Gasteiger partial charge in [-0.2, -0.15) is 0 Å². The van der Waals surface area contributed by atoms with Crippen molar-refractivity contribution in [2.45, 2.75) is 19.3 Å². The number of aromatic nitrogens is 1. The van der Waals surface area contributed by atoms with E-state index in [1.54, 1.807) is 12.1 Å². The Labute approximate surface area is 229 Å². The number of hydrogen-bond donors (Lipinski definition) is 1. The molecule has 188 valence electrons. The van der Waals surface area contributed by atoms with Crippen molar-refractivity contribution in [2.75, 3.05) is 0 Å². The van der Waals surface area contributed by atoms with Gasteiger partial charge in [-0.1, -0.05) is 65.7 Å². The fourth-order valence-corrected chi connectivity index (χ4v) is 5.49. The van der Waals surface area contributed by atoms with E-state index in [2.05, 4.69) is 65.2 Å². The molecule has 0 amide bonds. The molecule has 0 aliphatic heterocycles. The molecule has 0 atom stereocenters. The minimum atomic E-state index is -0.769. The molecule has 4 nitrogen and oxygen atoms in total. The zero-order valence-corrected chi connectivity index (χ0v) is 21.8.